The minimum atomic E-state index is -0.673. The van der Waals surface area contributed by atoms with Crippen LogP contribution in [-0.4, -0.2) is 41.4 Å². The van der Waals surface area contributed by atoms with Crippen LogP contribution in [0.4, 0.5) is 13.6 Å². The van der Waals surface area contributed by atoms with E-state index in [2.05, 4.69) is 20.4 Å². The van der Waals surface area contributed by atoms with Gasteiger partial charge in [0.05, 0.1) is 38.8 Å². The number of hydrogen-bond donors (Lipinski definition) is 1. The molecule has 0 saturated heterocycles. The number of ether oxygens (including phenoxy) is 2. The van der Waals surface area contributed by atoms with Crippen LogP contribution in [-0.2, 0) is 16.0 Å². The smallest absolute Gasteiger partial charge is 0.407 e. The SMILES string of the molecule is COC(=O)NCc1cn(-c2cc(F)c(C3=CCOCC3)c(F)c2)nn1. The molecular formula is C16H16F2N4O3. The average Bonchev–Trinajstić information content (AvgIpc) is 3.09. The first-order valence-electron chi connectivity index (χ1n) is 7.58. The maximum atomic E-state index is 14.4. The molecule has 0 fully saturated rings. The second-order valence-electron chi connectivity index (χ2n) is 5.34. The first-order chi connectivity index (χ1) is 12.1. The van der Waals surface area contributed by atoms with Gasteiger partial charge in [-0.3, -0.25) is 0 Å². The molecule has 1 amide bonds. The van der Waals surface area contributed by atoms with Crippen molar-refractivity contribution in [1.82, 2.24) is 20.3 Å². The van der Waals surface area contributed by atoms with Crippen LogP contribution in [0.15, 0.2) is 24.4 Å². The fourth-order valence-electron chi connectivity index (χ4n) is 2.49. The molecule has 3 rings (SSSR count). The number of alkyl carbamates (subject to hydrolysis) is 1. The zero-order valence-electron chi connectivity index (χ0n) is 13.5. The highest BCUT2D eigenvalue weighted by atomic mass is 19.1. The van der Waals surface area contributed by atoms with E-state index in [1.165, 1.54) is 30.1 Å². The van der Waals surface area contributed by atoms with Crippen LogP contribution in [0, 0.1) is 11.6 Å². The number of hydrogen-bond acceptors (Lipinski definition) is 5. The van der Waals surface area contributed by atoms with E-state index in [9.17, 15) is 13.6 Å². The lowest BCUT2D eigenvalue weighted by atomic mass is 10.00. The second kappa shape index (κ2) is 7.39. The van der Waals surface area contributed by atoms with Crippen molar-refractivity contribution in [3.63, 3.8) is 0 Å². The molecule has 1 aliphatic rings. The maximum Gasteiger partial charge on any atom is 0.407 e. The zero-order chi connectivity index (χ0) is 17.8. The Morgan fingerprint density at radius 3 is 2.80 bits per heavy atom. The third kappa shape index (κ3) is 3.82. The van der Waals surface area contributed by atoms with E-state index < -0.39 is 17.7 Å². The second-order valence-corrected chi connectivity index (χ2v) is 5.34. The maximum absolute atomic E-state index is 14.4. The van der Waals surface area contributed by atoms with Crippen LogP contribution in [0.2, 0.25) is 0 Å². The van der Waals surface area contributed by atoms with Crippen molar-refractivity contribution < 1.29 is 23.0 Å². The monoisotopic (exact) mass is 350 g/mol. The first kappa shape index (κ1) is 17.0. The van der Waals surface area contributed by atoms with E-state index in [4.69, 9.17) is 4.74 Å². The molecule has 0 atom stereocenters. The van der Waals surface area contributed by atoms with Crippen molar-refractivity contribution in [1.29, 1.82) is 0 Å². The highest BCUT2D eigenvalue weighted by molar-refractivity contribution is 5.68. The lowest BCUT2D eigenvalue weighted by Gasteiger charge is -2.15. The lowest BCUT2D eigenvalue weighted by molar-refractivity contribution is 0.161. The van der Waals surface area contributed by atoms with Crippen LogP contribution < -0.4 is 5.32 Å². The lowest BCUT2D eigenvalue weighted by Crippen LogP contribution is -2.22. The molecule has 0 saturated carbocycles. The van der Waals surface area contributed by atoms with Crippen LogP contribution in [0.5, 0.6) is 0 Å². The van der Waals surface area contributed by atoms with Gasteiger partial charge >= 0.3 is 6.09 Å². The Morgan fingerprint density at radius 2 is 2.16 bits per heavy atom. The summed E-state index contributed by atoms with van der Waals surface area (Å²) in [5.74, 6) is -1.35. The van der Waals surface area contributed by atoms with E-state index in [0.717, 1.165) is 0 Å². The fraction of sp³-hybridized carbons (Fsp3) is 0.312. The molecule has 0 aliphatic carbocycles. The molecule has 1 N–H and O–H groups in total. The van der Waals surface area contributed by atoms with Gasteiger partial charge in [-0.05, 0) is 12.0 Å². The molecule has 1 aliphatic heterocycles. The van der Waals surface area contributed by atoms with Gasteiger partial charge in [0, 0.05) is 17.7 Å². The predicted octanol–water partition coefficient (Wildman–Crippen LogP) is 2.21. The normalized spacial score (nSPS) is 14.1. The molecule has 0 unspecified atom stereocenters. The molecule has 1 aromatic carbocycles. The Morgan fingerprint density at radius 1 is 1.40 bits per heavy atom. The van der Waals surface area contributed by atoms with Gasteiger partial charge in [-0.2, -0.15) is 0 Å². The molecule has 0 bridgehead atoms. The van der Waals surface area contributed by atoms with Crippen molar-refractivity contribution in [2.45, 2.75) is 13.0 Å². The first-order valence-corrected chi connectivity index (χ1v) is 7.58. The van der Waals surface area contributed by atoms with Crippen LogP contribution >= 0.6 is 0 Å². The van der Waals surface area contributed by atoms with Gasteiger partial charge in [0.2, 0.25) is 0 Å². The molecule has 25 heavy (non-hydrogen) atoms. The number of amides is 1. The Bertz CT molecular complexity index is 796. The number of rotatable bonds is 4. The summed E-state index contributed by atoms with van der Waals surface area (Å²) in [6.45, 7) is 0.865. The van der Waals surface area contributed by atoms with Gasteiger partial charge in [0.25, 0.3) is 0 Å². The molecule has 2 heterocycles. The molecule has 132 valence electrons. The molecule has 1 aromatic heterocycles. The number of benzene rings is 1. The van der Waals surface area contributed by atoms with Gasteiger partial charge in [-0.1, -0.05) is 11.3 Å². The van der Waals surface area contributed by atoms with Crippen molar-refractivity contribution in [2.24, 2.45) is 0 Å². The number of carbonyl (C=O) groups excluding carboxylic acids is 1. The Labute approximate surface area is 142 Å². The Hall–Kier alpha value is -2.81. The van der Waals surface area contributed by atoms with Crippen LogP contribution in [0.25, 0.3) is 11.3 Å². The van der Waals surface area contributed by atoms with Crippen LogP contribution in [0.3, 0.4) is 0 Å². The number of nitrogens with zero attached hydrogens (tertiary/aromatic N) is 3. The molecule has 0 spiro atoms. The van der Waals surface area contributed by atoms with E-state index in [1.807, 2.05) is 0 Å². The number of carbonyl (C=O) groups is 1. The fourth-order valence-corrected chi connectivity index (χ4v) is 2.49. The van der Waals surface area contributed by atoms with Crippen LogP contribution in [0.1, 0.15) is 17.7 Å². The molecule has 0 radical (unpaired) electrons. The molecular weight excluding hydrogens is 334 g/mol. The van der Waals surface area contributed by atoms with Gasteiger partial charge in [0.15, 0.2) is 0 Å². The highest BCUT2D eigenvalue weighted by Gasteiger charge is 2.18. The Balaban J connectivity index is 1.83. The topological polar surface area (TPSA) is 78.3 Å². The quantitative estimate of drug-likeness (QED) is 0.915. The zero-order valence-corrected chi connectivity index (χ0v) is 13.5. The van der Waals surface area contributed by atoms with Crippen molar-refractivity contribution in [3.8, 4) is 5.69 Å². The van der Waals surface area contributed by atoms with E-state index in [1.54, 1.807) is 6.08 Å². The predicted molar refractivity (Wildman–Crippen MR) is 83.9 cm³/mol. The number of halogens is 2. The van der Waals surface area contributed by atoms with Gasteiger partial charge in [-0.15, -0.1) is 5.10 Å². The number of methoxy groups -OCH3 is 1. The summed E-state index contributed by atoms with van der Waals surface area (Å²) in [7, 11) is 1.24. The molecule has 9 heteroatoms. The van der Waals surface area contributed by atoms with E-state index in [0.29, 0.717) is 30.9 Å². The summed E-state index contributed by atoms with van der Waals surface area (Å²) in [4.78, 5) is 11.0. The van der Waals surface area contributed by atoms with Crippen molar-refractivity contribution in [3.05, 3.63) is 47.3 Å². The number of aromatic nitrogens is 3. The largest absolute Gasteiger partial charge is 0.453 e. The van der Waals surface area contributed by atoms with Gasteiger partial charge in [-0.25, -0.2) is 18.3 Å². The minimum Gasteiger partial charge on any atom is -0.453 e. The summed E-state index contributed by atoms with van der Waals surface area (Å²) in [5.41, 5.74) is 1.17. The summed E-state index contributed by atoms with van der Waals surface area (Å²) >= 11 is 0. The Kier molecular flexibility index (Phi) is 5.03. The van der Waals surface area contributed by atoms with Gasteiger partial charge < -0.3 is 14.8 Å². The third-order valence-corrected chi connectivity index (χ3v) is 3.72. The van der Waals surface area contributed by atoms with Crippen molar-refractivity contribution >= 4 is 11.7 Å². The number of nitrogens with one attached hydrogen (secondary N) is 1. The van der Waals surface area contributed by atoms with Gasteiger partial charge in [0.1, 0.15) is 17.3 Å². The summed E-state index contributed by atoms with van der Waals surface area (Å²) in [6.07, 6.45) is 2.99. The summed E-state index contributed by atoms with van der Waals surface area (Å²) < 4.78 is 39.7. The highest BCUT2D eigenvalue weighted by Crippen LogP contribution is 2.28. The summed E-state index contributed by atoms with van der Waals surface area (Å²) in [5, 5.41) is 10.1. The van der Waals surface area contributed by atoms with Crippen molar-refractivity contribution in [2.75, 3.05) is 20.3 Å². The van der Waals surface area contributed by atoms with E-state index >= 15 is 0 Å². The minimum absolute atomic E-state index is 0.0419. The van der Waals surface area contributed by atoms with E-state index in [-0.39, 0.29) is 17.8 Å². The molecule has 7 nitrogen and oxygen atoms in total. The summed E-state index contributed by atoms with van der Waals surface area (Å²) in [6, 6.07) is 2.39. The average molecular weight is 350 g/mol. The third-order valence-electron chi connectivity index (χ3n) is 3.72. The molecule has 2 aromatic rings. The standard InChI is InChI=1S/C16H16F2N4O3/c1-24-16(23)19-8-11-9-22(21-20-11)12-6-13(17)15(14(18)7-12)10-2-4-25-5-3-10/h2,6-7,9H,3-5,8H2,1H3,(H,19,23).